The first kappa shape index (κ1) is 111. The largest absolute Gasteiger partial charge is 0.456 e. The van der Waals surface area contributed by atoms with Gasteiger partial charge >= 0.3 is 11.2 Å². The van der Waals surface area contributed by atoms with Crippen LogP contribution in [0.4, 0.5) is 0 Å². The minimum absolute atomic E-state index is 0. The number of esters is 1. The van der Waals surface area contributed by atoms with E-state index in [9.17, 15) is 29.4 Å². The molecule has 1 saturated carbocycles. The van der Waals surface area contributed by atoms with Crippen molar-refractivity contribution >= 4 is 53.8 Å². The number of aliphatic hydroxyl groups is 2. The van der Waals surface area contributed by atoms with Crippen LogP contribution in [0, 0.1) is 326 Å². The number of thiol groups is 1. The number of hydrogen-bond acceptors (Lipinski definition) is 29. The van der Waals surface area contributed by atoms with Crippen LogP contribution in [0.1, 0.15) is 161 Å². The summed E-state index contributed by atoms with van der Waals surface area (Å²) in [4.78, 5) is 65.9. The number of Topliss-reactive ketones (excluding diaryl/α,β-unsaturated/α-hetero) is 2. The molecule has 2 saturated heterocycles. The minimum Gasteiger partial charge on any atom is -0.456 e. The number of ether oxygens (including phenoxy) is 7. The van der Waals surface area contributed by atoms with E-state index in [2.05, 4.69) is 369 Å². The molecule has 30 heteroatoms. The lowest BCUT2D eigenvalue weighted by Gasteiger charge is -2.47. The summed E-state index contributed by atoms with van der Waals surface area (Å²) in [6, 6.07) is 7.96. The topological polar surface area (TPSA) is 320 Å². The number of methoxy groups -OCH3 is 3. The van der Waals surface area contributed by atoms with Crippen LogP contribution < -0.4 is 10.4 Å². The molecule has 0 aromatic heterocycles. The van der Waals surface area contributed by atoms with Crippen molar-refractivity contribution in [2.45, 2.75) is 167 Å². The number of benzene rings is 1. The van der Waals surface area contributed by atoms with Crippen molar-refractivity contribution in [3.05, 3.63) is 66.3 Å². The number of nitrogens with zero attached hydrogens (tertiary/aromatic N) is 1. The number of nitrogens with one attached hydrogen (secondary N) is 1. The fraction of sp³-hybridized carbons (Fsp3) is 0.343. The van der Waals surface area contributed by atoms with E-state index in [0.717, 1.165) is 5.57 Å². The Bertz CT molecular complexity index is 6130. The number of aliphatic hydroxyl groups excluding tert-OH is 1. The number of piperidine rings is 1. The van der Waals surface area contributed by atoms with Crippen LogP contribution in [-0.2, 0) is 107 Å². The fourth-order valence-electron chi connectivity index (χ4n) is 11.9. The summed E-state index contributed by atoms with van der Waals surface area (Å²) in [6.45, 7) is 14.9. The van der Waals surface area contributed by atoms with Gasteiger partial charge < -0.3 is 48.3 Å². The molecule has 1 amide bonds. The van der Waals surface area contributed by atoms with E-state index in [1.165, 1.54) is 24.8 Å². The molecule has 734 valence electrons. The lowest BCUT2D eigenvalue weighted by molar-refractivity contribution is -0.807. The molecule has 2 bridgehead atoms. The number of rotatable bonds is 21. The van der Waals surface area contributed by atoms with Crippen LogP contribution in [0.3, 0.4) is 0 Å². The van der Waals surface area contributed by atoms with Crippen molar-refractivity contribution in [1.29, 1.82) is 0 Å². The number of hydrogen-bond donors (Lipinski definition) is 5. The zero-order valence-corrected chi connectivity index (χ0v) is 74.1. The van der Waals surface area contributed by atoms with E-state index < -0.39 is 77.8 Å². The smallest absolute Gasteiger partial charge is 0.358 e. The van der Waals surface area contributed by atoms with Gasteiger partial charge in [0.25, 0.3) is 11.7 Å². The normalized spacial score (nSPS) is 21.1. The maximum Gasteiger partial charge on any atom is 0.358 e. The van der Waals surface area contributed by atoms with E-state index >= 15 is 0 Å². The standard InChI is InChI=1S/C51H73NO13S.C51H4.H3NO13S.34H2/c1-10-16-36-24-30(2)23-31(3)25-43(60-8)46-44(61-9)27-33(5)51(58,65-46)47(55)48(56)52-22-15-14-19-38(52)49(57)64-45(34(6)39(53)29-40(36)54)32(4)26-35-20-21-41(42(28-35)59-7)63-50(66)62-37-17-12-11-13-18-37;1-3-5-7-9-11-13-15-17-19-21-23-25-27-29-31-33-35-37-39-41-43-45-47-49-51-50-48-46-44-42-40-38-36-34-32-30-28-26-24-22-20-18-16-14-12-10-8-6-4-2;2-5-8-11-9-6-3-1-4-7-10-12-13-14-15;;;;;;;;;;;;;;;;;;;;;;;;;;;;;;;;;;/h10-13,17-18,24,26,31,33-36,38-39,41-46,53,58H,1,14-16,19-23,25,27-29H2,2-9H3;1H,2H3;1-2,15H;34*1H/b30-24+,32-26+;;;;;;;;;;;;;;;;;;;;;;;;;;;;;;;;;;;;/t31-,33+,34+,35-,36+,38-,39-,41+,42+,43-,44-,45+,46+,51+;;;;;;;;;;;;;;;;;;;;;;;;;;;;;;;;;;;;/m0..................................../s1. The molecule has 0 unspecified atom stereocenters. The van der Waals surface area contributed by atoms with Crippen LogP contribution in [0.5, 0.6) is 5.75 Å². The summed E-state index contributed by atoms with van der Waals surface area (Å²) in [5.74, 6) is 115. The number of ketones is 2. The van der Waals surface area contributed by atoms with Gasteiger partial charge in [-0.05, 0) is 260 Å². The third-order valence-corrected chi connectivity index (χ3v) is 17.7. The number of carbonyl (C=O) groups excluding carboxylic acids is 4. The fourth-order valence-corrected chi connectivity index (χ4v) is 12.2. The summed E-state index contributed by atoms with van der Waals surface area (Å²) < 4.78 is 45.7. The highest BCUT2D eigenvalue weighted by Gasteiger charge is 2.57. The zero-order chi connectivity index (χ0) is 96.1. The van der Waals surface area contributed by atoms with Gasteiger partial charge in [0.1, 0.15) is 35.9 Å². The monoisotopic (exact) mass is 1880 g/mol. The average molecular weight is 1880 g/mol. The van der Waals surface area contributed by atoms with Crippen molar-refractivity contribution in [1.82, 2.24) is 10.5 Å². The van der Waals surface area contributed by atoms with Crippen LogP contribution in [0.15, 0.2) is 66.3 Å². The molecule has 0 radical (unpaired) electrons. The number of carbonyl (C=O) groups is 4. The highest BCUT2D eigenvalue weighted by Crippen LogP contribution is 2.40. The molecule has 3 heterocycles. The van der Waals surface area contributed by atoms with Gasteiger partial charge in [0.2, 0.25) is 5.79 Å². The number of para-hydroxylation sites is 1. The van der Waals surface area contributed by atoms with Crippen molar-refractivity contribution in [2.24, 2.45) is 29.6 Å². The molecule has 132 heavy (non-hydrogen) atoms. The van der Waals surface area contributed by atoms with Gasteiger partial charge in [-0.15, -0.1) is 17.3 Å². The second kappa shape index (κ2) is 71.9. The highest BCUT2D eigenvalue weighted by atomic mass is 32.1. The van der Waals surface area contributed by atoms with Gasteiger partial charge in [-0.2, -0.15) is 0 Å². The first-order valence-corrected chi connectivity index (χ1v) is 39.6. The number of fused-ring (bicyclic) bond motifs is 3. The van der Waals surface area contributed by atoms with Gasteiger partial charge in [0.05, 0.1) is 24.4 Å². The zero-order valence-electron chi connectivity index (χ0n) is 72.4. The quantitative estimate of drug-likeness (QED) is 0.00729. The third kappa shape index (κ3) is 48.8. The first-order chi connectivity index (χ1) is 64.3. The Morgan fingerprint density at radius 2 is 1.03 bits per heavy atom. The van der Waals surface area contributed by atoms with E-state index in [4.69, 9.17) is 57.1 Å². The van der Waals surface area contributed by atoms with Crippen molar-refractivity contribution in [3.63, 3.8) is 0 Å². The highest BCUT2D eigenvalue weighted by molar-refractivity contribution is 7.79. The van der Waals surface area contributed by atoms with Crippen LogP contribution in [0.25, 0.3) is 0 Å². The molecular weight excluding hydrogens is 1730 g/mol. The predicted octanol–water partition coefficient (Wildman–Crippen LogP) is 15.2. The second-order valence-corrected chi connectivity index (χ2v) is 26.7. The second-order valence-electron chi connectivity index (χ2n) is 26.2. The van der Waals surface area contributed by atoms with Gasteiger partial charge in [0, 0.05) is 315 Å². The van der Waals surface area contributed by atoms with Crippen molar-refractivity contribution in [3.8, 4) is 302 Å². The lowest BCUT2D eigenvalue weighted by Crippen LogP contribution is -2.64. The minimum atomic E-state index is -2.53. The molecular formula is C102H148N2O26S2. The number of amides is 1. The summed E-state index contributed by atoms with van der Waals surface area (Å²) in [6.07, 6.45) is 9.99. The third-order valence-electron chi connectivity index (χ3n) is 17.5. The maximum atomic E-state index is 14.5. The van der Waals surface area contributed by atoms with Gasteiger partial charge in [-0.1, -0.05) is 78.7 Å². The van der Waals surface area contributed by atoms with Crippen LogP contribution >= 0.6 is 25.1 Å². The molecule has 3 aliphatic heterocycles. The Balaban J connectivity index is -0.0000000548. The molecule has 1 aliphatic carbocycles. The van der Waals surface area contributed by atoms with Crippen LogP contribution in [-0.4, -0.2) is 131 Å². The molecule has 0 spiro atoms. The Morgan fingerprint density at radius 3 is 1.46 bits per heavy atom. The Kier molecular flexibility index (Phi) is 60.6. The number of terminal acetylenes is 1. The summed E-state index contributed by atoms with van der Waals surface area (Å²) in [5.41, 5.74) is 3.01. The van der Waals surface area contributed by atoms with Crippen molar-refractivity contribution < 1.29 is 176 Å². The molecule has 4 aliphatic rings. The number of thiocarbonyl (C=S) groups is 1. The van der Waals surface area contributed by atoms with E-state index in [-0.39, 0.29) is 109 Å². The van der Waals surface area contributed by atoms with Gasteiger partial charge in [-0.25, -0.2) is 10.1 Å². The van der Waals surface area contributed by atoms with Gasteiger partial charge in [-0.3, -0.25) is 14.4 Å². The molecule has 28 nitrogen and oxygen atoms in total. The Morgan fingerprint density at radius 1 is 0.591 bits per heavy atom. The predicted molar refractivity (Wildman–Crippen MR) is 552 cm³/mol. The SMILES string of the molecule is C#CC#CC#CC#CC#CC#CC#CC#CC#CC#CC#CC#CC#CC#CC#CC#CC#CC#CC#CC#CC#CC#CC#CC#CC#CC.C=CC[C@@H]1/C=C(\C)C[C@H](C)C[C@H](OC)[C@H]2O[C@@](O)(C(=O)C(=O)N3CCCC[C@H]3C(=O)O[C@H](/C(C)=C/[C@@H]3CC[C@@H](OC(=S)Oc4ccccc4)[C@H](OC)C3)[C@H](C)[C@@H](O)CC1=O)[C@H](C)C[C@@H]2OC.OOOOOOONOOOOOOS.[HH].[HH].[HH].[HH].[HH].[HH].[HH].[HH].[HH].[HH].[HH].[HH].[HH].[HH].[HH].[HH].[HH].[HH].[HH].[HH].[HH].[HH].[HH].[HH].[HH].[HH].[HH].[HH].[HH].[HH].[HH].[HH].[HH].[HH]. The maximum absolute atomic E-state index is 14.5. The van der Waals surface area contributed by atoms with E-state index in [1.54, 1.807) is 46.1 Å². The van der Waals surface area contributed by atoms with Crippen molar-refractivity contribution in [2.75, 3.05) is 27.9 Å². The number of allylic oxidation sites excluding steroid dienone is 4. The lowest BCUT2D eigenvalue weighted by atomic mass is 9.81. The van der Waals surface area contributed by atoms with E-state index in [0.29, 0.717) is 62.7 Å². The molecule has 4 N–H and O–H groups in total. The summed E-state index contributed by atoms with van der Waals surface area (Å²) in [7, 11) is 4.66. The molecule has 14 atom stereocenters. The first-order valence-electron chi connectivity index (χ1n) is 38.8. The average Bonchev–Trinajstić information content (AvgIpc) is 0.779. The van der Waals surface area contributed by atoms with Gasteiger partial charge in [0.15, 0.2) is 0 Å². The van der Waals surface area contributed by atoms with Crippen LogP contribution in [0.2, 0.25) is 0 Å². The molecule has 5 rings (SSSR count). The molecule has 3 fully saturated rings. The molecule has 1 aromatic rings. The Hall–Kier alpha value is -15.0. The summed E-state index contributed by atoms with van der Waals surface area (Å²) in [5, 5.41) is 62.2. The Labute approximate surface area is 830 Å². The molecule has 1 aromatic carbocycles. The van der Waals surface area contributed by atoms with E-state index in [1.807, 2.05) is 51.1 Å². The number of cyclic esters (lactones) is 1. The summed E-state index contributed by atoms with van der Waals surface area (Å²) >= 11 is 8.48.